The van der Waals surface area contributed by atoms with Gasteiger partial charge in [-0.1, -0.05) is 43.8 Å². The van der Waals surface area contributed by atoms with Crippen molar-refractivity contribution in [1.29, 1.82) is 0 Å². The fourth-order valence-corrected chi connectivity index (χ4v) is 3.76. The molecule has 7 heteroatoms. The van der Waals surface area contributed by atoms with Crippen molar-refractivity contribution < 1.29 is 13.9 Å². The molecule has 1 fully saturated rings. The van der Waals surface area contributed by atoms with Crippen molar-refractivity contribution in [3.8, 4) is 5.75 Å². The molecule has 1 saturated heterocycles. The molecule has 1 aliphatic rings. The van der Waals surface area contributed by atoms with Gasteiger partial charge >= 0.3 is 0 Å². The van der Waals surface area contributed by atoms with Gasteiger partial charge in [0.25, 0.3) is 5.91 Å². The van der Waals surface area contributed by atoms with Crippen LogP contribution in [0, 0.1) is 5.82 Å². The van der Waals surface area contributed by atoms with Crippen molar-refractivity contribution in [2.75, 3.05) is 6.61 Å². The number of pyridine rings is 1. The lowest BCUT2D eigenvalue weighted by Gasteiger charge is -2.10. The third-order valence-electron chi connectivity index (χ3n) is 4.34. The quantitative estimate of drug-likeness (QED) is 0.590. The maximum atomic E-state index is 13.0. The van der Waals surface area contributed by atoms with Crippen LogP contribution in [0.2, 0.25) is 0 Å². The van der Waals surface area contributed by atoms with E-state index in [9.17, 15) is 9.18 Å². The number of benzene rings is 2. The number of hydrogen-bond donors (Lipinski definition) is 2. The van der Waals surface area contributed by atoms with Crippen LogP contribution in [0.4, 0.5) is 4.39 Å². The second-order valence-electron chi connectivity index (χ2n) is 6.33. The minimum Gasteiger partial charge on any atom is -0.492 e. The van der Waals surface area contributed by atoms with Crippen LogP contribution in [0.25, 0.3) is 17.0 Å². The SMILES string of the molecule is CC.NC1NC(=O)/C(=C/c2ccc3nccc(OCCc4ccc(F)cc4)c3c2)S1. The Kier molecular flexibility index (Phi) is 7.43. The van der Waals surface area contributed by atoms with Gasteiger partial charge in [-0.05, 0) is 47.5 Å². The molecule has 0 bridgehead atoms. The number of nitrogens with one attached hydrogen (secondary N) is 1. The number of carbonyl (C=O) groups is 1. The summed E-state index contributed by atoms with van der Waals surface area (Å²) in [5.41, 5.74) is 8.01. The Morgan fingerprint density at radius 2 is 1.97 bits per heavy atom. The van der Waals surface area contributed by atoms with Crippen LogP contribution < -0.4 is 15.8 Å². The lowest BCUT2D eigenvalue weighted by atomic mass is 10.1. The summed E-state index contributed by atoms with van der Waals surface area (Å²) in [7, 11) is 0. The number of thioether (sulfide) groups is 1. The first-order chi connectivity index (χ1) is 14.6. The predicted octanol–water partition coefficient (Wildman–Crippen LogP) is 4.47. The number of aromatic nitrogens is 1. The smallest absolute Gasteiger partial charge is 0.259 e. The lowest BCUT2D eigenvalue weighted by Crippen LogP contribution is -2.31. The Bertz CT molecular complexity index is 1050. The zero-order chi connectivity index (χ0) is 21.5. The van der Waals surface area contributed by atoms with E-state index in [-0.39, 0.29) is 11.7 Å². The molecule has 1 unspecified atom stereocenters. The molecule has 3 N–H and O–H groups in total. The highest BCUT2D eigenvalue weighted by Crippen LogP contribution is 2.29. The summed E-state index contributed by atoms with van der Waals surface area (Å²) in [6, 6.07) is 14.0. The minimum atomic E-state index is -0.411. The Hall–Kier alpha value is -2.90. The van der Waals surface area contributed by atoms with Crippen LogP contribution >= 0.6 is 11.8 Å². The van der Waals surface area contributed by atoms with Crippen molar-refractivity contribution in [2.24, 2.45) is 5.73 Å². The first-order valence-electron chi connectivity index (χ1n) is 9.79. The zero-order valence-electron chi connectivity index (χ0n) is 16.9. The normalized spacial score (nSPS) is 16.9. The largest absolute Gasteiger partial charge is 0.492 e. The van der Waals surface area contributed by atoms with Crippen LogP contribution in [-0.2, 0) is 11.2 Å². The van der Waals surface area contributed by atoms with Crippen LogP contribution in [-0.4, -0.2) is 23.0 Å². The van der Waals surface area contributed by atoms with Gasteiger partial charge in [-0.3, -0.25) is 9.78 Å². The summed E-state index contributed by atoms with van der Waals surface area (Å²) >= 11 is 1.30. The molecule has 1 amide bonds. The third-order valence-corrected chi connectivity index (χ3v) is 5.26. The topological polar surface area (TPSA) is 77.2 Å². The van der Waals surface area contributed by atoms with Crippen molar-refractivity contribution in [3.05, 3.63) is 76.6 Å². The molecule has 0 saturated carbocycles. The molecule has 4 rings (SSSR count). The van der Waals surface area contributed by atoms with Gasteiger partial charge in [-0.2, -0.15) is 0 Å². The molecule has 30 heavy (non-hydrogen) atoms. The van der Waals surface area contributed by atoms with Crippen molar-refractivity contribution in [3.63, 3.8) is 0 Å². The third kappa shape index (κ3) is 5.37. The van der Waals surface area contributed by atoms with E-state index in [2.05, 4.69) is 10.3 Å². The molecule has 2 heterocycles. The Labute approximate surface area is 179 Å². The average molecular weight is 426 g/mol. The van der Waals surface area contributed by atoms with Crippen LogP contribution in [0.3, 0.4) is 0 Å². The summed E-state index contributed by atoms with van der Waals surface area (Å²) in [6.45, 7) is 4.46. The van der Waals surface area contributed by atoms with E-state index in [1.54, 1.807) is 18.3 Å². The minimum absolute atomic E-state index is 0.167. The van der Waals surface area contributed by atoms with E-state index in [1.807, 2.05) is 44.2 Å². The number of hydrogen-bond acceptors (Lipinski definition) is 5. The Morgan fingerprint density at radius 1 is 1.20 bits per heavy atom. The van der Waals surface area contributed by atoms with E-state index in [1.165, 1.54) is 23.9 Å². The predicted molar refractivity (Wildman–Crippen MR) is 120 cm³/mol. The number of carbonyl (C=O) groups excluding carboxylic acids is 1. The van der Waals surface area contributed by atoms with E-state index in [0.717, 1.165) is 22.0 Å². The molecule has 5 nitrogen and oxygen atoms in total. The van der Waals surface area contributed by atoms with Crippen LogP contribution in [0.15, 0.2) is 59.6 Å². The maximum absolute atomic E-state index is 13.0. The number of rotatable bonds is 5. The number of ether oxygens (including phenoxy) is 1. The number of nitrogens with zero attached hydrogens (tertiary/aromatic N) is 1. The summed E-state index contributed by atoms with van der Waals surface area (Å²) in [5, 5.41) is 3.52. The van der Waals surface area contributed by atoms with Gasteiger partial charge in [0.1, 0.15) is 17.1 Å². The molecule has 1 aliphatic heterocycles. The highest BCUT2D eigenvalue weighted by atomic mass is 32.2. The van der Waals surface area contributed by atoms with Gasteiger partial charge < -0.3 is 15.8 Å². The standard InChI is InChI=1S/C21H18FN3O2S.C2H6/c22-15-4-1-13(2-5-15)8-10-27-18-7-9-24-17-6-3-14(11-16(17)18)12-19-20(26)25-21(23)28-19;1-2/h1-7,9,11-12,21H,8,10,23H2,(H,25,26);1-2H3/b19-12-;. The van der Waals surface area contributed by atoms with Gasteiger partial charge in [0, 0.05) is 18.0 Å². The van der Waals surface area contributed by atoms with Crippen molar-refractivity contribution in [2.45, 2.75) is 25.8 Å². The highest BCUT2D eigenvalue weighted by Gasteiger charge is 2.23. The van der Waals surface area contributed by atoms with Gasteiger partial charge in [0.15, 0.2) is 0 Å². The van der Waals surface area contributed by atoms with Crippen LogP contribution in [0.5, 0.6) is 5.75 Å². The molecule has 3 aromatic rings. The van der Waals surface area contributed by atoms with Crippen molar-refractivity contribution >= 4 is 34.6 Å². The van der Waals surface area contributed by atoms with Gasteiger partial charge in [0.05, 0.1) is 17.0 Å². The van der Waals surface area contributed by atoms with E-state index >= 15 is 0 Å². The fourth-order valence-electron chi connectivity index (χ4n) is 2.96. The maximum Gasteiger partial charge on any atom is 0.259 e. The van der Waals surface area contributed by atoms with Crippen molar-refractivity contribution in [1.82, 2.24) is 10.3 Å². The van der Waals surface area contributed by atoms with Gasteiger partial charge in [0.2, 0.25) is 0 Å². The fraction of sp³-hybridized carbons (Fsp3) is 0.217. The molecule has 2 aromatic carbocycles. The Balaban J connectivity index is 0.00000124. The van der Waals surface area contributed by atoms with E-state index in [0.29, 0.717) is 23.7 Å². The van der Waals surface area contributed by atoms with Gasteiger partial charge in [-0.15, -0.1) is 0 Å². The second-order valence-corrected chi connectivity index (χ2v) is 7.51. The molecule has 0 aliphatic carbocycles. The van der Waals surface area contributed by atoms with Gasteiger partial charge in [-0.25, -0.2) is 4.39 Å². The summed E-state index contributed by atoms with van der Waals surface area (Å²) in [6.07, 6.45) is 4.18. The molecular formula is C23H24FN3O2S. The molecule has 1 aromatic heterocycles. The number of fused-ring (bicyclic) bond motifs is 1. The number of nitrogens with two attached hydrogens (primary N) is 1. The summed E-state index contributed by atoms with van der Waals surface area (Å²) < 4.78 is 19.0. The molecule has 1 atom stereocenters. The summed E-state index contributed by atoms with van der Waals surface area (Å²) in [5.74, 6) is 0.300. The average Bonchev–Trinajstić information content (AvgIpc) is 3.08. The Morgan fingerprint density at radius 3 is 2.67 bits per heavy atom. The first kappa shape index (κ1) is 21.8. The highest BCUT2D eigenvalue weighted by molar-refractivity contribution is 8.05. The number of halogens is 1. The monoisotopic (exact) mass is 425 g/mol. The number of amides is 1. The second kappa shape index (κ2) is 10.2. The lowest BCUT2D eigenvalue weighted by molar-refractivity contribution is -0.116. The molecule has 0 radical (unpaired) electrons. The summed E-state index contributed by atoms with van der Waals surface area (Å²) in [4.78, 5) is 16.8. The zero-order valence-corrected chi connectivity index (χ0v) is 17.7. The first-order valence-corrected chi connectivity index (χ1v) is 10.7. The van der Waals surface area contributed by atoms with Crippen LogP contribution in [0.1, 0.15) is 25.0 Å². The molecular weight excluding hydrogens is 401 g/mol. The molecule has 0 spiro atoms. The van der Waals surface area contributed by atoms with E-state index < -0.39 is 5.50 Å². The molecule has 156 valence electrons. The van der Waals surface area contributed by atoms with E-state index in [4.69, 9.17) is 10.5 Å².